The third-order valence-electron chi connectivity index (χ3n) is 1.95. The molecule has 0 aliphatic heterocycles. The zero-order valence-electron chi connectivity index (χ0n) is 8.75. The van der Waals surface area contributed by atoms with Crippen molar-refractivity contribution in [1.82, 2.24) is 0 Å². The predicted octanol–water partition coefficient (Wildman–Crippen LogP) is 2.06. The number of aliphatic imine (C=N–C) groups is 1. The van der Waals surface area contributed by atoms with Gasteiger partial charge in [0.1, 0.15) is 0 Å². The van der Waals surface area contributed by atoms with E-state index in [1.54, 1.807) is 6.21 Å². The van der Waals surface area contributed by atoms with Gasteiger partial charge in [-0.05, 0) is 54.3 Å². The molecule has 0 radical (unpaired) electrons. The van der Waals surface area contributed by atoms with Gasteiger partial charge in [0.2, 0.25) is 0 Å². The second kappa shape index (κ2) is 9.61. The fourth-order valence-electron chi connectivity index (χ4n) is 1.11. The minimum Gasteiger partial charge on any atom is -0.330 e. The third-order valence-corrected chi connectivity index (χ3v) is 2.67. The second-order valence-electron chi connectivity index (χ2n) is 3.33. The number of rotatable bonds is 7. The molecule has 0 aliphatic carbocycles. The number of allylic oxidation sites excluding steroid dienone is 1. The van der Waals surface area contributed by atoms with E-state index < -0.39 is 0 Å². The molecule has 1 unspecified atom stereocenters. The largest absolute Gasteiger partial charge is 0.330 e. The van der Waals surface area contributed by atoms with Crippen molar-refractivity contribution in [2.45, 2.75) is 26.2 Å². The molecule has 0 heterocycles. The normalized spacial score (nSPS) is 15.0. The van der Waals surface area contributed by atoms with Crippen LogP contribution in [0.15, 0.2) is 14.8 Å². The Labute approximate surface area is 100 Å². The average Bonchev–Trinajstić information content (AvgIpc) is 2.15. The Bertz CT molecular complexity index is 190. The maximum atomic E-state index is 5.47. The average molecular weight is 309 g/mol. The SMILES string of the molecule is CC(CCN)CCC=C(I)/N=C\CN. The molecule has 0 aromatic rings. The summed E-state index contributed by atoms with van der Waals surface area (Å²) < 4.78 is 1.02. The minimum absolute atomic E-state index is 0.504. The molecular weight excluding hydrogens is 289 g/mol. The van der Waals surface area contributed by atoms with Gasteiger partial charge in [-0.3, -0.25) is 4.99 Å². The Morgan fingerprint density at radius 3 is 2.71 bits per heavy atom. The fraction of sp³-hybridized carbons (Fsp3) is 0.700. The number of halogens is 1. The molecule has 14 heavy (non-hydrogen) atoms. The Balaban J connectivity index is 3.64. The summed E-state index contributed by atoms with van der Waals surface area (Å²) in [7, 11) is 0. The highest BCUT2D eigenvalue weighted by Crippen LogP contribution is 2.13. The Hall–Kier alpha value is 0.0600. The van der Waals surface area contributed by atoms with Crippen molar-refractivity contribution in [3.05, 3.63) is 9.78 Å². The number of nitrogens with zero attached hydrogens (tertiary/aromatic N) is 1. The zero-order chi connectivity index (χ0) is 10.8. The van der Waals surface area contributed by atoms with Gasteiger partial charge in [-0.25, -0.2) is 0 Å². The third kappa shape index (κ3) is 8.65. The molecule has 4 heteroatoms. The van der Waals surface area contributed by atoms with E-state index in [1.165, 1.54) is 6.42 Å². The van der Waals surface area contributed by atoms with Crippen LogP contribution in [0.25, 0.3) is 0 Å². The number of nitrogens with two attached hydrogens (primary N) is 2. The Kier molecular flexibility index (Phi) is 9.65. The second-order valence-corrected chi connectivity index (χ2v) is 4.44. The molecule has 0 spiro atoms. The molecule has 3 nitrogen and oxygen atoms in total. The molecule has 0 saturated carbocycles. The summed E-state index contributed by atoms with van der Waals surface area (Å²) >= 11 is 2.22. The number of hydrogen-bond donors (Lipinski definition) is 2. The molecule has 0 amide bonds. The maximum Gasteiger partial charge on any atom is 0.0966 e. The van der Waals surface area contributed by atoms with Crippen molar-refractivity contribution in [3.8, 4) is 0 Å². The van der Waals surface area contributed by atoms with Gasteiger partial charge in [0.15, 0.2) is 0 Å². The van der Waals surface area contributed by atoms with Crippen LogP contribution in [0.3, 0.4) is 0 Å². The molecular formula is C10H20IN3. The molecule has 82 valence electrons. The molecule has 4 N–H and O–H groups in total. The van der Waals surface area contributed by atoms with Crippen molar-refractivity contribution in [2.24, 2.45) is 22.4 Å². The summed E-state index contributed by atoms with van der Waals surface area (Å²) in [6.07, 6.45) is 7.22. The molecule has 0 aromatic heterocycles. The van der Waals surface area contributed by atoms with Gasteiger partial charge in [0.05, 0.1) is 3.70 Å². The first-order chi connectivity index (χ1) is 6.70. The first kappa shape index (κ1) is 14.1. The van der Waals surface area contributed by atoms with Gasteiger partial charge in [-0.1, -0.05) is 13.0 Å². The van der Waals surface area contributed by atoms with Crippen LogP contribution in [0.5, 0.6) is 0 Å². The summed E-state index contributed by atoms with van der Waals surface area (Å²) in [5.41, 5.74) is 10.8. The van der Waals surface area contributed by atoms with Crippen LogP contribution in [-0.4, -0.2) is 19.3 Å². The van der Waals surface area contributed by atoms with E-state index in [-0.39, 0.29) is 0 Å². The van der Waals surface area contributed by atoms with Crippen molar-refractivity contribution in [2.75, 3.05) is 13.1 Å². The summed E-state index contributed by atoms with van der Waals surface area (Å²) in [5, 5.41) is 0. The molecule has 0 aliphatic rings. The van der Waals surface area contributed by atoms with E-state index in [1.807, 2.05) is 0 Å². The lowest BCUT2D eigenvalue weighted by atomic mass is 10.0. The predicted molar refractivity (Wildman–Crippen MR) is 71.7 cm³/mol. The maximum absolute atomic E-state index is 5.47. The molecule has 0 rings (SSSR count). The first-order valence-corrected chi connectivity index (χ1v) is 6.07. The van der Waals surface area contributed by atoms with Crippen LogP contribution in [-0.2, 0) is 0 Å². The van der Waals surface area contributed by atoms with Gasteiger partial charge in [0, 0.05) is 12.8 Å². The zero-order valence-corrected chi connectivity index (χ0v) is 10.9. The molecule has 1 atom stereocenters. The van der Waals surface area contributed by atoms with Crippen LogP contribution in [0.4, 0.5) is 0 Å². The standard InChI is InChI=1S/C10H20IN3/c1-9(5-6-12)3-2-4-10(11)14-8-7-13/h4,8-9H,2-3,5-7,12-13H2,1H3/b10-4?,14-8-. The van der Waals surface area contributed by atoms with Gasteiger partial charge >= 0.3 is 0 Å². The van der Waals surface area contributed by atoms with Crippen LogP contribution in [0, 0.1) is 5.92 Å². The van der Waals surface area contributed by atoms with Gasteiger partial charge < -0.3 is 11.5 Å². The van der Waals surface area contributed by atoms with E-state index in [0.717, 1.165) is 23.1 Å². The van der Waals surface area contributed by atoms with Gasteiger partial charge in [-0.2, -0.15) is 0 Å². The monoisotopic (exact) mass is 309 g/mol. The topological polar surface area (TPSA) is 64.4 Å². The highest BCUT2D eigenvalue weighted by atomic mass is 127. The highest BCUT2D eigenvalue weighted by Gasteiger charge is 1.98. The summed E-state index contributed by atoms with van der Waals surface area (Å²) in [6.45, 7) is 3.52. The van der Waals surface area contributed by atoms with E-state index in [2.05, 4.69) is 40.6 Å². The quantitative estimate of drug-likeness (QED) is 0.429. The lowest BCUT2D eigenvalue weighted by Crippen LogP contribution is -2.05. The van der Waals surface area contributed by atoms with Crippen molar-refractivity contribution < 1.29 is 0 Å². The summed E-state index contributed by atoms with van der Waals surface area (Å²) in [4.78, 5) is 4.16. The lowest BCUT2D eigenvalue weighted by Gasteiger charge is -2.06. The minimum atomic E-state index is 0.504. The van der Waals surface area contributed by atoms with E-state index in [9.17, 15) is 0 Å². The van der Waals surface area contributed by atoms with Crippen molar-refractivity contribution >= 4 is 28.8 Å². The van der Waals surface area contributed by atoms with Crippen molar-refractivity contribution in [1.29, 1.82) is 0 Å². The molecule has 0 bridgehead atoms. The van der Waals surface area contributed by atoms with Crippen LogP contribution >= 0.6 is 22.6 Å². The van der Waals surface area contributed by atoms with Crippen LogP contribution < -0.4 is 11.5 Å². The van der Waals surface area contributed by atoms with E-state index in [4.69, 9.17) is 11.5 Å². The summed E-state index contributed by atoms with van der Waals surface area (Å²) in [6, 6.07) is 0. The van der Waals surface area contributed by atoms with Crippen molar-refractivity contribution in [3.63, 3.8) is 0 Å². The van der Waals surface area contributed by atoms with Crippen LogP contribution in [0.1, 0.15) is 26.2 Å². The molecule has 0 saturated heterocycles. The lowest BCUT2D eigenvalue weighted by molar-refractivity contribution is 0.504. The van der Waals surface area contributed by atoms with E-state index in [0.29, 0.717) is 12.5 Å². The highest BCUT2D eigenvalue weighted by molar-refractivity contribution is 14.1. The Morgan fingerprint density at radius 1 is 1.43 bits per heavy atom. The number of hydrogen-bond acceptors (Lipinski definition) is 3. The fourth-order valence-corrected chi connectivity index (χ4v) is 1.62. The molecule has 0 aromatic carbocycles. The van der Waals surface area contributed by atoms with E-state index >= 15 is 0 Å². The van der Waals surface area contributed by atoms with Crippen LogP contribution in [0.2, 0.25) is 0 Å². The van der Waals surface area contributed by atoms with Gasteiger partial charge in [-0.15, -0.1) is 0 Å². The Morgan fingerprint density at radius 2 is 2.14 bits per heavy atom. The van der Waals surface area contributed by atoms with Gasteiger partial charge in [0.25, 0.3) is 0 Å². The molecule has 0 fully saturated rings. The first-order valence-electron chi connectivity index (χ1n) is 4.99. The smallest absolute Gasteiger partial charge is 0.0966 e. The summed E-state index contributed by atoms with van der Waals surface area (Å²) in [5.74, 6) is 0.707.